The molecule has 0 aliphatic carbocycles. The standard InChI is InChI=1S/C14H14FNO2S/c1-16(7-6-11-3-2-8-19-11)14(18)12-5-4-10(17)9-13(12)15/h2-5,8-9,17H,6-7H2,1H3. The van der Waals surface area contributed by atoms with Gasteiger partial charge >= 0.3 is 0 Å². The van der Waals surface area contributed by atoms with Crippen molar-refractivity contribution in [3.8, 4) is 5.75 Å². The topological polar surface area (TPSA) is 40.5 Å². The van der Waals surface area contributed by atoms with Crippen molar-refractivity contribution >= 4 is 17.2 Å². The van der Waals surface area contributed by atoms with Crippen LogP contribution in [0.25, 0.3) is 0 Å². The molecule has 1 heterocycles. The monoisotopic (exact) mass is 279 g/mol. The van der Waals surface area contributed by atoms with Crippen LogP contribution in [0.5, 0.6) is 5.75 Å². The Bertz CT molecular complexity index is 569. The molecule has 0 aliphatic rings. The first-order valence-electron chi connectivity index (χ1n) is 5.84. The van der Waals surface area contributed by atoms with E-state index in [4.69, 9.17) is 5.11 Å². The van der Waals surface area contributed by atoms with Gasteiger partial charge in [-0.15, -0.1) is 11.3 Å². The number of nitrogens with zero attached hydrogens (tertiary/aromatic N) is 1. The summed E-state index contributed by atoms with van der Waals surface area (Å²) < 4.78 is 13.6. The molecule has 1 N–H and O–H groups in total. The SMILES string of the molecule is CN(CCc1cccs1)C(=O)c1ccc(O)cc1F. The summed E-state index contributed by atoms with van der Waals surface area (Å²) in [5, 5.41) is 11.1. The predicted octanol–water partition coefficient (Wildman–Crippen LogP) is 2.91. The first-order chi connectivity index (χ1) is 9.08. The van der Waals surface area contributed by atoms with Gasteiger partial charge in [-0.2, -0.15) is 0 Å². The van der Waals surface area contributed by atoms with Crippen LogP contribution in [-0.2, 0) is 6.42 Å². The lowest BCUT2D eigenvalue weighted by molar-refractivity contribution is 0.0792. The summed E-state index contributed by atoms with van der Waals surface area (Å²) in [5.74, 6) is -1.27. The number of phenolic OH excluding ortho intramolecular Hbond substituents is 1. The molecule has 0 fully saturated rings. The van der Waals surface area contributed by atoms with Gasteiger partial charge in [0.2, 0.25) is 0 Å². The highest BCUT2D eigenvalue weighted by atomic mass is 32.1. The minimum atomic E-state index is -0.701. The van der Waals surface area contributed by atoms with E-state index < -0.39 is 5.82 Å². The lowest BCUT2D eigenvalue weighted by atomic mass is 10.1. The number of rotatable bonds is 4. The molecule has 2 aromatic rings. The van der Waals surface area contributed by atoms with Crippen LogP contribution in [0, 0.1) is 5.82 Å². The Kier molecular flexibility index (Phi) is 4.16. The maximum atomic E-state index is 13.6. The molecule has 1 amide bonds. The maximum Gasteiger partial charge on any atom is 0.256 e. The molecule has 5 heteroatoms. The third kappa shape index (κ3) is 3.32. The smallest absolute Gasteiger partial charge is 0.256 e. The fraction of sp³-hybridized carbons (Fsp3) is 0.214. The number of likely N-dealkylation sites (N-methyl/N-ethyl adjacent to an activating group) is 1. The van der Waals surface area contributed by atoms with Crippen molar-refractivity contribution < 1.29 is 14.3 Å². The summed E-state index contributed by atoms with van der Waals surface area (Å²) in [4.78, 5) is 14.7. The third-order valence-electron chi connectivity index (χ3n) is 2.80. The van der Waals surface area contributed by atoms with Gasteiger partial charge in [0.15, 0.2) is 0 Å². The highest BCUT2D eigenvalue weighted by molar-refractivity contribution is 7.09. The molecule has 19 heavy (non-hydrogen) atoms. The number of phenols is 1. The Labute approximate surface area is 114 Å². The van der Waals surface area contributed by atoms with Crippen molar-refractivity contribution in [2.24, 2.45) is 0 Å². The Morgan fingerprint density at radius 1 is 1.42 bits per heavy atom. The second-order valence-corrected chi connectivity index (χ2v) is 5.25. The molecule has 2 rings (SSSR count). The number of carbonyl (C=O) groups is 1. The van der Waals surface area contributed by atoms with E-state index in [2.05, 4.69) is 0 Å². The lowest BCUT2D eigenvalue weighted by Crippen LogP contribution is -2.29. The largest absolute Gasteiger partial charge is 0.508 e. The molecule has 0 aliphatic heterocycles. The predicted molar refractivity (Wildman–Crippen MR) is 73.0 cm³/mol. The zero-order valence-electron chi connectivity index (χ0n) is 10.5. The minimum Gasteiger partial charge on any atom is -0.508 e. The van der Waals surface area contributed by atoms with E-state index in [1.54, 1.807) is 18.4 Å². The van der Waals surface area contributed by atoms with Crippen LogP contribution < -0.4 is 0 Å². The molecular formula is C14H14FNO2S. The molecule has 0 saturated carbocycles. The Morgan fingerprint density at radius 2 is 2.21 bits per heavy atom. The van der Waals surface area contributed by atoms with Gasteiger partial charge < -0.3 is 10.0 Å². The quantitative estimate of drug-likeness (QED) is 0.935. The molecule has 3 nitrogen and oxygen atoms in total. The highest BCUT2D eigenvalue weighted by Crippen LogP contribution is 2.17. The van der Waals surface area contributed by atoms with E-state index in [1.165, 1.54) is 21.9 Å². The number of benzene rings is 1. The van der Waals surface area contributed by atoms with Crippen LogP contribution in [0.2, 0.25) is 0 Å². The van der Waals surface area contributed by atoms with E-state index in [0.29, 0.717) is 6.54 Å². The molecule has 0 unspecified atom stereocenters. The van der Waals surface area contributed by atoms with Crippen LogP contribution in [0.4, 0.5) is 4.39 Å². The van der Waals surface area contributed by atoms with E-state index >= 15 is 0 Å². The molecule has 0 atom stereocenters. The number of aromatic hydroxyl groups is 1. The normalized spacial score (nSPS) is 10.4. The summed E-state index contributed by atoms with van der Waals surface area (Å²) >= 11 is 1.63. The number of hydrogen-bond acceptors (Lipinski definition) is 3. The highest BCUT2D eigenvalue weighted by Gasteiger charge is 2.16. The first-order valence-corrected chi connectivity index (χ1v) is 6.72. The van der Waals surface area contributed by atoms with Gasteiger partial charge in [-0.1, -0.05) is 6.07 Å². The minimum absolute atomic E-state index is 0.0218. The summed E-state index contributed by atoms with van der Waals surface area (Å²) in [5.41, 5.74) is -0.0218. The van der Waals surface area contributed by atoms with Crippen molar-refractivity contribution in [2.45, 2.75) is 6.42 Å². The molecule has 0 spiro atoms. The summed E-state index contributed by atoms with van der Waals surface area (Å²) in [6, 6.07) is 7.52. The number of carbonyl (C=O) groups excluding carboxylic acids is 1. The first kappa shape index (κ1) is 13.5. The van der Waals surface area contributed by atoms with Gasteiger partial charge in [0.25, 0.3) is 5.91 Å². The zero-order chi connectivity index (χ0) is 13.8. The lowest BCUT2D eigenvalue weighted by Gasteiger charge is -2.17. The van der Waals surface area contributed by atoms with E-state index in [1.807, 2.05) is 17.5 Å². The molecule has 0 bridgehead atoms. The van der Waals surface area contributed by atoms with Gasteiger partial charge in [-0.05, 0) is 30.0 Å². The summed E-state index contributed by atoms with van der Waals surface area (Å²) in [7, 11) is 1.64. The number of thiophene rings is 1. The molecule has 0 radical (unpaired) electrons. The fourth-order valence-corrected chi connectivity index (χ4v) is 2.42. The number of hydrogen-bond donors (Lipinski definition) is 1. The van der Waals surface area contributed by atoms with E-state index in [-0.39, 0.29) is 17.2 Å². The van der Waals surface area contributed by atoms with Crippen LogP contribution >= 0.6 is 11.3 Å². The number of halogens is 1. The van der Waals surface area contributed by atoms with Gasteiger partial charge in [-0.3, -0.25) is 4.79 Å². The van der Waals surface area contributed by atoms with Crippen molar-refractivity contribution in [3.05, 3.63) is 52.0 Å². The second kappa shape index (κ2) is 5.84. The molecule has 100 valence electrons. The van der Waals surface area contributed by atoms with Crippen molar-refractivity contribution in [1.29, 1.82) is 0 Å². The third-order valence-corrected chi connectivity index (χ3v) is 3.74. The van der Waals surface area contributed by atoms with Crippen LogP contribution in [-0.4, -0.2) is 29.5 Å². The maximum absolute atomic E-state index is 13.6. The summed E-state index contributed by atoms with van der Waals surface area (Å²) in [6.07, 6.45) is 0.750. The Hall–Kier alpha value is -1.88. The van der Waals surface area contributed by atoms with Gasteiger partial charge in [0, 0.05) is 24.5 Å². The van der Waals surface area contributed by atoms with Crippen LogP contribution in [0.3, 0.4) is 0 Å². The van der Waals surface area contributed by atoms with Gasteiger partial charge in [0.05, 0.1) is 5.56 Å². The Morgan fingerprint density at radius 3 is 2.84 bits per heavy atom. The molecule has 1 aromatic carbocycles. The molecule has 0 saturated heterocycles. The number of amides is 1. The van der Waals surface area contributed by atoms with E-state index in [0.717, 1.165) is 12.5 Å². The van der Waals surface area contributed by atoms with Gasteiger partial charge in [0.1, 0.15) is 11.6 Å². The Balaban J connectivity index is 2.02. The van der Waals surface area contributed by atoms with Gasteiger partial charge in [-0.25, -0.2) is 4.39 Å². The molecular weight excluding hydrogens is 265 g/mol. The van der Waals surface area contributed by atoms with Crippen molar-refractivity contribution in [1.82, 2.24) is 4.90 Å². The zero-order valence-corrected chi connectivity index (χ0v) is 11.3. The summed E-state index contributed by atoms with van der Waals surface area (Å²) in [6.45, 7) is 0.527. The van der Waals surface area contributed by atoms with Crippen molar-refractivity contribution in [2.75, 3.05) is 13.6 Å². The van der Waals surface area contributed by atoms with Crippen molar-refractivity contribution in [3.63, 3.8) is 0 Å². The average molecular weight is 279 g/mol. The molecule has 1 aromatic heterocycles. The fourth-order valence-electron chi connectivity index (χ4n) is 1.72. The van der Waals surface area contributed by atoms with Crippen LogP contribution in [0.15, 0.2) is 35.7 Å². The second-order valence-electron chi connectivity index (χ2n) is 4.22. The average Bonchev–Trinajstić information content (AvgIpc) is 2.88. The van der Waals surface area contributed by atoms with Crippen LogP contribution in [0.1, 0.15) is 15.2 Å². The van der Waals surface area contributed by atoms with E-state index in [9.17, 15) is 9.18 Å².